The number of nitrogens with one attached hydrogen (secondary N) is 1. The van der Waals surface area contributed by atoms with Crippen LogP contribution in [0.25, 0.3) is 11.4 Å². The fourth-order valence-electron chi connectivity index (χ4n) is 2.21. The number of rotatable bonds is 8. The summed E-state index contributed by atoms with van der Waals surface area (Å²) in [6.07, 6.45) is 0.275. The zero-order chi connectivity index (χ0) is 18.2. The lowest BCUT2D eigenvalue weighted by molar-refractivity contribution is -0.118. The van der Waals surface area contributed by atoms with Crippen molar-refractivity contribution in [2.24, 2.45) is 5.92 Å². The predicted octanol–water partition coefficient (Wildman–Crippen LogP) is 2.86. The van der Waals surface area contributed by atoms with Crippen molar-refractivity contribution in [2.45, 2.75) is 32.0 Å². The van der Waals surface area contributed by atoms with Gasteiger partial charge in [-0.2, -0.15) is 5.26 Å². The first kappa shape index (κ1) is 18.9. The Morgan fingerprint density at radius 3 is 2.84 bits per heavy atom. The van der Waals surface area contributed by atoms with Gasteiger partial charge in [0.25, 0.3) is 0 Å². The first-order chi connectivity index (χ1) is 12.0. The summed E-state index contributed by atoms with van der Waals surface area (Å²) in [5.74, 6) is 0.404. The Bertz CT molecular complexity index is 769. The van der Waals surface area contributed by atoms with Crippen LogP contribution in [0.4, 0.5) is 4.39 Å². The van der Waals surface area contributed by atoms with Crippen molar-refractivity contribution in [3.8, 4) is 17.5 Å². The van der Waals surface area contributed by atoms with Crippen molar-refractivity contribution in [3.63, 3.8) is 0 Å². The van der Waals surface area contributed by atoms with Crippen LogP contribution < -0.4 is 5.32 Å². The molecule has 0 fully saturated rings. The summed E-state index contributed by atoms with van der Waals surface area (Å²) in [5.41, 5.74) is 0.390. The van der Waals surface area contributed by atoms with E-state index in [0.29, 0.717) is 35.6 Å². The molecule has 2 aromatic rings. The molecular weight excluding hydrogens is 341 g/mol. The Morgan fingerprint density at radius 1 is 1.40 bits per heavy atom. The number of amides is 1. The minimum absolute atomic E-state index is 0.166. The molecule has 0 saturated carbocycles. The second-order valence-corrected chi connectivity index (χ2v) is 6.78. The van der Waals surface area contributed by atoms with Crippen molar-refractivity contribution < 1.29 is 9.18 Å². The van der Waals surface area contributed by atoms with Crippen LogP contribution in [0.2, 0.25) is 0 Å². The Hall–Kier alpha value is -2.40. The van der Waals surface area contributed by atoms with Crippen LogP contribution in [-0.2, 0) is 11.3 Å². The lowest BCUT2D eigenvalue weighted by Crippen LogP contribution is -2.26. The Balaban J connectivity index is 2.17. The van der Waals surface area contributed by atoms with Crippen molar-refractivity contribution >= 4 is 17.7 Å². The molecule has 132 valence electrons. The van der Waals surface area contributed by atoms with Crippen LogP contribution in [0.1, 0.15) is 20.3 Å². The number of carbonyl (C=O) groups excluding carboxylic acids is 1. The van der Waals surface area contributed by atoms with Crippen LogP contribution in [0.15, 0.2) is 29.4 Å². The quantitative estimate of drug-likeness (QED) is 0.577. The maximum Gasteiger partial charge on any atom is 0.230 e. The average molecular weight is 361 g/mol. The molecule has 2 rings (SSSR count). The van der Waals surface area contributed by atoms with Gasteiger partial charge in [0.2, 0.25) is 5.91 Å². The third-order valence-corrected chi connectivity index (χ3v) is 4.24. The van der Waals surface area contributed by atoms with Crippen molar-refractivity contribution in [3.05, 3.63) is 30.1 Å². The summed E-state index contributed by atoms with van der Waals surface area (Å²) in [6.45, 7) is 5.05. The summed E-state index contributed by atoms with van der Waals surface area (Å²) in [5, 5.41) is 20.0. The van der Waals surface area contributed by atoms with Gasteiger partial charge in [-0.05, 0) is 18.1 Å². The molecule has 0 bridgehead atoms. The minimum Gasteiger partial charge on any atom is -0.354 e. The van der Waals surface area contributed by atoms with Crippen LogP contribution in [0.5, 0.6) is 0 Å². The average Bonchev–Trinajstić information content (AvgIpc) is 2.95. The summed E-state index contributed by atoms with van der Waals surface area (Å²) < 4.78 is 16.0. The Kier molecular flexibility index (Phi) is 6.95. The number of nitriles is 1. The van der Waals surface area contributed by atoms with Crippen molar-refractivity contribution in [1.82, 2.24) is 20.1 Å². The smallest absolute Gasteiger partial charge is 0.230 e. The highest BCUT2D eigenvalue weighted by Crippen LogP contribution is 2.26. The van der Waals surface area contributed by atoms with Gasteiger partial charge in [-0.1, -0.05) is 37.7 Å². The highest BCUT2D eigenvalue weighted by Gasteiger charge is 2.18. The van der Waals surface area contributed by atoms with E-state index in [0.717, 1.165) is 0 Å². The molecule has 0 aliphatic rings. The minimum atomic E-state index is -0.356. The summed E-state index contributed by atoms with van der Waals surface area (Å²) in [6, 6.07) is 8.41. The van der Waals surface area contributed by atoms with Gasteiger partial charge in [-0.3, -0.25) is 4.79 Å². The molecule has 0 unspecified atom stereocenters. The molecule has 0 saturated heterocycles. The van der Waals surface area contributed by atoms with Crippen LogP contribution >= 0.6 is 11.8 Å². The van der Waals surface area contributed by atoms with Gasteiger partial charge in [-0.25, -0.2) is 4.39 Å². The first-order valence-corrected chi connectivity index (χ1v) is 8.96. The van der Waals surface area contributed by atoms with E-state index in [9.17, 15) is 9.18 Å². The number of hydrogen-bond donors (Lipinski definition) is 1. The topological polar surface area (TPSA) is 83.6 Å². The molecule has 1 aromatic carbocycles. The van der Waals surface area contributed by atoms with E-state index in [-0.39, 0.29) is 23.9 Å². The molecule has 0 atom stereocenters. The Labute approximate surface area is 150 Å². The van der Waals surface area contributed by atoms with Gasteiger partial charge >= 0.3 is 0 Å². The van der Waals surface area contributed by atoms with Crippen LogP contribution in [0.3, 0.4) is 0 Å². The van der Waals surface area contributed by atoms with Crippen LogP contribution in [-0.4, -0.2) is 33.0 Å². The summed E-state index contributed by atoms with van der Waals surface area (Å²) >= 11 is 1.25. The molecule has 0 aliphatic heterocycles. The van der Waals surface area contributed by atoms with Crippen molar-refractivity contribution in [1.29, 1.82) is 5.26 Å². The van der Waals surface area contributed by atoms with E-state index in [4.69, 9.17) is 5.26 Å². The van der Waals surface area contributed by atoms with E-state index in [1.165, 1.54) is 17.8 Å². The molecule has 8 heteroatoms. The lowest BCUT2D eigenvalue weighted by atomic mass is 10.2. The molecule has 0 spiro atoms. The number of thioether (sulfide) groups is 1. The fourth-order valence-corrected chi connectivity index (χ4v) is 2.98. The molecule has 1 aromatic heterocycles. The Morgan fingerprint density at radius 2 is 2.16 bits per heavy atom. The number of hydrogen-bond acceptors (Lipinski definition) is 5. The maximum atomic E-state index is 14.1. The molecule has 25 heavy (non-hydrogen) atoms. The SMILES string of the molecule is CC(C)Cn1c(SCC(=O)NCCC#N)nnc1-c1ccccc1F. The zero-order valence-corrected chi connectivity index (χ0v) is 15.0. The first-order valence-electron chi connectivity index (χ1n) is 7.97. The third kappa shape index (κ3) is 5.29. The number of nitrogens with zero attached hydrogens (tertiary/aromatic N) is 4. The number of aromatic nitrogens is 3. The molecule has 0 radical (unpaired) electrons. The van der Waals surface area contributed by atoms with E-state index in [1.54, 1.807) is 18.2 Å². The van der Waals surface area contributed by atoms with E-state index in [2.05, 4.69) is 15.5 Å². The van der Waals surface area contributed by atoms with Gasteiger partial charge in [0.1, 0.15) is 5.82 Å². The number of halogens is 1. The van der Waals surface area contributed by atoms with E-state index >= 15 is 0 Å². The highest BCUT2D eigenvalue weighted by molar-refractivity contribution is 7.99. The van der Waals surface area contributed by atoms with E-state index in [1.807, 2.05) is 24.5 Å². The van der Waals surface area contributed by atoms with Gasteiger partial charge in [0, 0.05) is 13.1 Å². The van der Waals surface area contributed by atoms with Gasteiger partial charge in [0.15, 0.2) is 11.0 Å². The fraction of sp³-hybridized carbons (Fsp3) is 0.412. The summed E-state index contributed by atoms with van der Waals surface area (Å²) in [7, 11) is 0. The van der Waals surface area contributed by atoms with Crippen LogP contribution in [0, 0.1) is 23.1 Å². The molecular formula is C17H20FN5OS. The maximum absolute atomic E-state index is 14.1. The lowest BCUT2D eigenvalue weighted by Gasteiger charge is -2.12. The molecule has 1 N–H and O–H groups in total. The summed E-state index contributed by atoms with van der Waals surface area (Å²) in [4.78, 5) is 11.8. The third-order valence-electron chi connectivity index (χ3n) is 3.27. The monoisotopic (exact) mass is 361 g/mol. The van der Waals surface area contributed by atoms with Crippen molar-refractivity contribution in [2.75, 3.05) is 12.3 Å². The molecule has 1 heterocycles. The molecule has 6 nitrogen and oxygen atoms in total. The zero-order valence-electron chi connectivity index (χ0n) is 14.2. The number of carbonyl (C=O) groups is 1. The second kappa shape index (κ2) is 9.18. The molecule has 0 aliphatic carbocycles. The number of benzene rings is 1. The van der Waals surface area contributed by atoms with E-state index < -0.39 is 0 Å². The molecule has 1 amide bonds. The largest absolute Gasteiger partial charge is 0.354 e. The van der Waals surface area contributed by atoms with Gasteiger partial charge in [0.05, 0.1) is 23.8 Å². The van der Waals surface area contributed by atoms with Gasteiger partial charge < -0.3 is 9.88 Å². The predicted molar refractivity (Wildman–Crippen MR) is 94.2 cm³/mol. The second-order valence-electron chi connectivity index (χ2n) is 5.84. The highest BCUT2D eigenvalue weighted by atomic mass is 32.2. The normalized spacial score (nSPS) is 10.7. The van der Waals surface area contributed by atoms with Gasteiger partial charge in [-0.15, -0.1) is 10.2 Å². The standard InChI is InChI=1S/C17H20FN5OS/c1-12(2)10-23-16(13-6-3-4-7-14(13)18)21-22-17(23)25-11-15(24)20-9-5-8-19/h3-4,6-7,12H,5,9-11H2,1-2H3,(H,20,24).